The van der Waals surface area contributed by atoms with Gasteiger partial charge in [-0.15, -0.1) is 23.2 Å². The highest BCUT2D eigenvalue weighted by Crippen LogP contribution is 2.65. The van der Waals surface area contributed by atoms with Crippen molar-refractivity contribution in [2.75, 3.05) is 16.8 Å². The van der Waals surface area contributed by atoms with Gasteiger partial charge in [-0.05, 0) is 54.1 Å². The predicted molar refractivity (Wildman–Crippen MR) is 130 cm³/mol. The summed E-state index contributed by atoms with van der Waals surface area (Å²) < 4.78 is -1.29. The summed E-state index contributed by atoms with van der Waals surface area (Å²) in [7, 11) is 0. The smallest absolute Gasteiger partial charge is 0.253 e. The molecule has 1 saturated carbocycles. The molecular weight excluding hydrogens is 522 g/mol. The van der Waals surface area contributed by atoms with Crippen molar-refractivity contribution in [2.24, 2.45) is 5.92 Å². The Hall–Kier alpha value is -0.820. The number of thioether (sulfide) groups is 1. The van der Waals surface area contributed by atoms with Gasteiger partial charge in [0.15, 0.2) is 0 Å². The fraction of sp³-hybridized carbons (Fsp3) is 0.333. The topological polar surface area (TPSA) is 58.2 Å². The van der Waals surface area contributed by atoms with Crippen LogP contribution in [-0.2, 0) is 4.79 Å². The fourth-order valence-electron chi connectivity index (χ4n) is 3.73. The molecule has 1 heterocycles. The highest BCUT2D eigenvalue weighted by Gasteiger charge is 2.67. The van der Waals surface area contributed by atoms with Gasteiger partial charge in [-0.2, -0.15) is 11.8 Å². The Labute approximate surface area is 209 Å². The minimum Gasteiger partial charge on any atom is -0.348 e. The number of halogens is 5. The van der Waals surface area contributed by atoms with Gasteiger partial charge in [-0.3, -0.25) is 9.59 Å². The third-order valence-electron chi connectivity index (χ3n) is 5.32. The SMILES string of the molecule is O=C(NC1CCSC1)c1cc(NC(=O)[C@H]2[C@H](c3cc(Cl)cc(Cl)c3)C2(Cl)Cl)ccc1Cl. The minimum atomic E-state index is -1.29. The monoisotopic (exact) mass is 536 g/mol. The summed E-state index contributed by atoms with van der Waals surface area (Å²) in [6.45, 7) is 0. The molecular formula is C21H17Cl5N2O2S. The molecule has 1 aliphatic heterocycles. The van der Waals surface area contributed by atoms with Crippen molar-refractivity contribution in [2.45, 2.75) is 22.7 Å². The number of carbonyl (C=O) groups is 2. The van der Waals surface area contributed by atoms with Crippen molar-refractivity contribution in [1.29, 1.82) is 0 Å². The highest BCUT2D eigenvalue weighted by atomic mass is 35.5. The van der Waals surface area contributed by atoms with Gasteiger partial charge in [-0.25, -0.2) is 0 Å². The molecule has 0 radical (unpaired) electrons. The third kappa shape index (κ3) is 5.07. The van der Waals surface area contributed by atoms with Crippen LogP contribution in [0.25, 0.3) is 0 Å². The number of amides is 2. The minimum absolute atomic E-state index is 0.122. The van der Waals surface area contributed by atoms with E-state index in [2.05, 4.69) is 10.6 Å². The Morgan fingerprint density at radius 2 is 1.74 bits per heavy atom. The van der Waals surface area contributed by atoms with Gasteiger partial charge in [0.1, 0.15) is 4.33 Å². The molecule has 2 aliphatic rings. The van der Waals surface area contributed by atoms with E-state index < -0.39 is 16.2 Å². The first-order valence-corrected chi connectivity index (χ1v) is 12.5. The van der Waals surface area contributed by atoms with Crippen molar-refractivity contribution in [1.82, 2.24) is 5.32 Å². The number of anilines is 1. The number of rotatable bonds is 5. The zero-order chi connectivity index (χ0) is 22.3. The molecule has 0 bridgehead atoms. The van der Waals surface area contributed by atoms with Crippen LogP contribution in [0.15, 0.2) is 36.4 Å². The van der Waals surface area contributed by atoms with E-state index in [0.29, 0.717) is 31.9 Å². The lowest BCUT2D eigenvalue weighted by molar-refractivity contribution is -0.117. The van der Waals surface area contributed by atoms with E-state index in [9.17, 15) is 9.59 Å². The molecule has 2 N–H and O–H groups in total. The van der Waals surface area contributed by atoms with Gasteiger partial charge >= 0.3 is 0 Å². The molecule has 2 aromatic carbocycles. The average Bonchev–Trinajstić information content (AvgIpc) is 2.99. The van der Waals surface area contributed by atoms with E-state index in [-0.39, 0.29) is 17.9 Å². The second-order valence-corrected chi connectivity index (χ2v) is 11.4. The van der Waals surface area contributed by atoms with E-state index in [0.717, 1.165) is 17.9 Å². The lowest BCUT2D eigenvalue weighted by atomic mass is 10.1. The summed E-state index contributed by atoms with van der Waals surface area (Å²) in [6.07, 6.45) is 0.925. The molecule has 1 saturated heterocycles. The molecule has 2 aromatic rings. The van der Waals surface area contributed by atoms with E-state index in [4.69, 9.17) is 58.0 Å². The van der Waals surface area contributed by atoms with Crippen LogP contribution in [0.5, 0.6) is 0 Å². The van der Waals surface area contributed by atoms with Crippen LogP contribution in [0.3, 0.4) is 0 Å². The maximum atomic E-state index is 12.9. The van der Waals surface area contributed by atoms with Crippen molar-refractivity contribution in [3.63, 3.8) is 0 Å². The number of alkyl halides is 2. The molecule has 3 atom stereocenters. The van der Waals surface area contributed by atoms with E-state index in [1.807, 2.05) is 0 Å². The Kier molecular flexibility index (Phi) is 6.93. The van der Waals surface area contributed by atoms with Crippen molar-refractivity contribution < 1.29 is 9.59 Å². The molecule has 164 valence electrons. The summed E-state index contributed by atoms with van der Waals surface area (Å²) in [5, 5.41) is 6.95. The van der Waals surface area contributed by atoms with Crippen molar-refractivity contribution in [3.8, 4) is 0 Å². The van der Waals surface area contributed by atoms with E-state index >= 15 is 0 Å². The summed E-state index contributed by atoms with van der Waals surface area (Å²) in [6, 6.07) is 9.85. The fourth-order valence-corrected chi connectivity index (χ4v) is 6.46. The second kappa shape index (κ2) is 9.20. The van der Waals surface area contributed by atoms with Crippen LogP contribution in [-0.4, -0.2) is 33.7 Å². The molecule has 2 fully saturated rings. The van der Waals surface area contributed by atoms with Crippen LogP contribution in [0, 0.1) is 5.92 Å². The molecule has 1 unspecified atom stereocenters. The van der Waals surface area contributed by atoms with Crippen LogP contribution in [0.1, 0.15) is 28.3 Å². The maximum absolute atomic E-state index is 12.9. The number of nitrogens with one attached hydrogen (secondary N) is 2. The maximum Gasteiger partial charge on any atom is 0.253 e. The molecule has 4 rings (SSSR count). The van der Waals surface area contributed by atoms with Gasteiger partial charge in [0.2, 0.25) is 5.91 Å². The summed E-state index contributed by atoms with van der Waals surface area (Å²) in [5.41, 5.74) is 1.42. The van der Waals surface area contributed by atoms with E-state index in [1.165, 1.54) is 0 Å². The number of hydrogen-bond acceptors (Lipinski definition) is 3. The Bertz CT molecular complexity index is 1020. The standard InChI is InChI=1S/C21H17Cl5N2O2S/c22-11-5-10(6-12(23)7-11)17-18(21(17,25)26)20(30)27-13-1-2-16(24)15(8-13)19(29)28-14-3-4-31-9-14/h1-2,5-8,14,17-18H,3-4,9H2,(H,27,30)(H,28,29)/t14?,17-,18+/m0/s1. The first-order chi connectivity index (χ1) is 14.7. The largest absolute Gasteiger partial charge is 0.348 e. The number of carbonyl (C=O) groups excluding carboxylic acids is 2. The first kappa shape index (κ1) is 23.3. The highest BCUT2D eigenvalue weighted by molar-refractivity contribution is 7.99. The zero-order valence-electron chi connectivity index (χ0n) is 15.9. The zero-order valence-corrected chi connectivity index (χ0v) is 20.5. The quantitative estimate of drug-likeness (QED) is 0.433. The van der Waals surface area contributed by atoms with Gasteiger partial charge in [-0.1, -0.05) is 34.8 Å². The Morgan fingerprint density at radius 3 is 2.39 bits per heavy atom. The summed E-state index contributed by atoms with van der Waals surface area (Å²) in [5.74, 6) is 0.107. The molecule has 0 spiro atoms. The molecule has 2 amide bonds. The summed E-state index contributed by atoms with van der Waals surface area (Å²) in [4.78, 5) is 25.5. The van der Waals surface area contributed by atoms with Gasteiger partial charge in [0.25, 0.3) is 5.91 Å². The number of hydrogen-bond donors (Lipinski definition) is 2. The van der Waals surface area contributed by atoms with Crippen LogP contribution in [0.2, 0.25) is 15.1 Å². The lowest BCUT2D eigenvalue weighted by Crippen LogP contribution is -2.34. The first-order valence-electron chi connectivity index (χ1n) is 9.49. The molecule has 0 aromatic heterocycles. The van der Waals surface area contributed by atoms with Gasteiger partial charge in [0.05, 0.1) is 16.5 Å². The molecule has 4 nitrogen and oxygen atoms in total. The second-order valence-electron chi connectivity index (χ2n) is 7.55. The van der Waals surface area contributed by atoms with Crippen LogP contribution >= 0.6 is 69.8 Å². The third-order valence-corrected chi connectivity index (χ3v) is 8.19. The number of benzene rings is 2. The normalized spacial score (nSPS) is 24.0. The molecule has 31 heavy (non-hydrogen) atoms. The average molecular weight is 539 g/mol. The molecule has 10 heteroatoms. The Balaban J connectivity index is 1.49. The Morgan fingerprint density at radius 1 is 1.03 bits per heavy atom. The van der Waals surface area contributed by atoms with E-state index in [1.54, 1.807) is 48.2 Å². The van der Waals surface area contributed by atoms with Crippen LogP contribution in [0.4, 0.5) is 5.69 Å². The van der Waals surface area contributed by atoms with Crippen LogP contribution < -0.4 is 10.6 Å². The van der Waals surface area contributed by atoms with Gasteiger partial charge < -0.3 is 10.6 Å². The van der Waals surface area contributed by atoms with Crippen molar-refractivity contribution in [3.05, 3.63) is 62.6 Å². The molecule has 1 aliphatic carbocycles. The van der Waals surface area contributed by atoms with Gasteiger partial charge in [0, 0.05) is 33.4 Å². The lowest BCUT2D eigenvalue weighted by Gasteiger charge is -2.13. The van der Waals surface area contributed by atoms with Crippen molar-refractivity contribution >= 4 is 87.3 Å². The summed E-state index contributed by atoms with van der Waals surface area (Å²) >= 11 is 33.0. The predicted octanol–water partition coefficient (Wildman–Crippen LogP) is 6.41.